The lowest BCUT2D eigenvalue weighted by molar-refractivity contribution is 0.252. The van der Waals surface area contributed by atoms with E-state index in [2.05, 4.69) is 74.9 Å². The quantitative estimate of drug-likeness (QED) is 0.776. The van der Waals surface area contributed by atoms with Crippen LogP contribution in [-0.4, -0.2) is 9.13 Å². The van der Waals surface area contributed by atoms with Gasteiger partial charge in [-0.05, 0) is 52.0 Å². The van der Waals surface area contributed by atoms with Gasteiger partial charge < -0.3 is 9.13 Å². The monoisotopic (exact) mass is 258 g/mol. The topological polar surface area (TPSA) is 9.86 Å². The molecular formula is C17H26N2. The molecule has 0 aromatic carbocycles. The molecule has 0 aliphatic carbocycles. The Morgan fingerprint density at radius 3 is 1.21 bits per heavy atom. The van der Waals surface area contributed by atoms with Crippen molar-refractivity contribution in [1.29, 1.82) is 0 Å². The zero-order chi connectivity index (χ0) is 14.2. The Bertz CT molecular complexity index is 481. The fourth-order valence-corrected chi connectivity index (χ4v) is 2.80. The maximum atomic E-state index is 2.42. The number of rotatable bonds is 4. The average Bonchev–Trinajstić information content (AvgIpc) is 2.79. The standard InChI is InChI=1S/C17H26N2/c1-13-7-8-14(2)18(13)11-17(5,6)12-19-15(3)9-10-16(19)4/h7-10H,11-12H2,1-6H3. The van der Waals surface area contributed by atoms with Crippen molar-refractivity contribution in [2.75, 3.05) is 0 Å². The van der Waals surface area contributed by atoms with E-state index in [1.54, 1.807) is 0 Å². The first-order valence-electron chi connectivity index (χ1n) is 7.06. The van der Waals surface area contributed by atoms with E-state index in [1.165, 1.54) is 22.8 Å². The van der Waals surface area contributed by atoms with Crippen LogP contribution in [0.3, 0.4) is 0 Å². The third-order valence-electron chi connectivity index (χ3n) is 4.01. The first kappa shape index (κ1) is 14.0. The first-order valence-corrected chi connectivity index (χ1v) is 7.06. The third-order valence-corrected chi connectivity index (χ3v) is 4.01. The van der Waals surface area contributed by atoms with Crippen LogP contribution >= 0.6 is 0 Å². The van der Waals surface area contributed by atoms with E-state index in [-0.39, 0.29) is 5.41 Å². The van der Waals surface area contributed by atoms with Crippen LogP contribution in [0.5, 0.6) is 0 Å². The second-order valence-electron chi connectivity index (χ2n) is 6.57. The van der Waals surface area contributed by atoms with Crippen molar-refractivity contribution in [3.05, 3.63) is 47.0 Å². The van der Waals surface area contributed by atoms with Gasteiger partial charge >= 0.3 is 0 Å². The Morgan fingerprint density at radius 2 is 0.947 bits per heavy atom. The minimum absolute atomic E-state index is 0.239. The highest BCUT2D eigenvalue weighted by atomic mass is 15.0. The van der Waals surface area contributed by atoms with Gasteiger partial charge in [0.2, 0.25) is 0 Å². The fraction of sp³-hybridized carbons (Fsp3) is 0.529. The second-order valence-corrected chi connectivity index (χ2v) is 6.57. The Morgan fingerprint density at radius 1 is 0.684 bits per heavy atom. The van der Waals surface area contributed by atoms with Gasteiger partial charge in [-0.1, -0.05) is 13.8 Å². The van der Waals surface area contributed by atoms with Gasteiger partial charge in [-0.25, -0.2) is 0 Å². The summed E-state index contributed by atoms with van der Waals surface area (Å²) in [5, 5.41) is 0. The Labute approximate surface area is 117 Å². The molecule has 19 heavy (non-hydrogen) atoms. The van der Waals surface area contributed by atoms with Gasteiger partial charge in [0, 0.05) is 41.3 Å². The molecule has 2 aromatic rings. The van der Waals surface area contributed by atoms with Gasteiger partial charge in [0.15, 0.2) is 0 Å². The van der Waals surface area contributed by atoms with Gasteiger partial charge in [0.05, 0.1) is 0 Å². The number of hydrogen-bond acceptors (Lipinski definition) is 0. The molecule has 0 saturated carbocycles. The molecule has 0 fully saturated rings. The zero-order valence-electron chi connectivity index (χ0n) is 13.1. The molecule has 0 unspecified atom stereocenters. The van der Waals surface area contributed by atoms with Crippen LogP contribution in [0.4, 0.5) is 0 Å². The smallest absolute Gasteiger partial charge is 0.0292 e. The van der Waals surface area contributed by atoms with Crippen molar-refractivity contribution in [3.63, 3.8) is 0 Å². The van der Waals surface area contributed by atoms with Gasteiger partial charge in [-0.15, -0.1) is 0 Å². The van der Waals surface area contributed by atoms with Crippen LogP contribution in [0.2, 0.25) is 0 Å². The lowest BCUT2D eigenvalue weighted by Gasteiger charge is -2.29. The van der Waals surface area contributed by atoms with Crippen LogP contribution in [0, 0.1) is 33.1 Å². The van der Waals surface area contributed by atoms with Crippen molar-refractivity contribution in [2.45, 2.75) is 54.6 Å². The van der Waals surface area contributed by atoms with Crippen LogP contribution < -0.4 is 0 Å². The SMILES string of the molecule is Cc1ccc(C)n1CC(C)(C)Cn1c(C)ccc1C. The normalized spacial score (nSPS) is 12.1. The Balaban J connectivity index is 2.20. The summed E-state index contributed by atoms with van der Waals surface area (Å²) in [7, 11) is 0. The molecule has 2 rings (SSSR count). The van der Waals surface area contributed by atoms with E-state index >= 15 is 0 Å². The van der Waals surface area contributed by atoms with Crippen molar-refractivity contribution in [1.82, 2.24) is 9.13 Å². The van der Waals surface area contributed by atoms with Crippen molar-refractivity contribution >= 4 is 0 Å². The molecule has 0 saturated heterocycles. The summed E-state index contributed by atoms with van der Waals surface area (Å²) >= 11 is 0. The summed E-state index contributed by atoms with van der Waals surface area (Å²) in [5.41, 5.74) is 5.65. The summed E-state index contributed by atoms with van der Waals surface area (Å²) in [6.07, 6.45) is 0. The maximum absolute atomic E-state index is 2.42. The van der Waals surface area contributed by atoms with E-state index in [4.69, 9.17) is 0 Å². The van der Waals surface area contributed by atoms with E-state index in [9.17, 15) is 0 Å². The zero-order valence-corrected chi connectivity index (χ0v) is 13.1. The highest BCUT2D eigenvalue weighted by Gasteiger charge is 2.22. The molecule has 2 heterocycles. The minimum Gasteiger partial charge on any atom is -0.349 e. The average molecular weight is 258 g/mol. The molecule has 2 aromatic heterocycles. The molecule has 0 atom stereocenters. The highest BCUT2D eigenvalue weighted by molar-refractivity contribution is 5.15. The lowest BCUT2D eigenvalue weighted by Crippen LogP contribution is -2.27. The predicted molar refractivity (Wildman–Crippen MR) is 81.6 cm³/mol. The van der Waals surface area contributed by atoms with Crippen molar-refractivity contribution < 1.29 is 0 Å². The maximum Gasteiger partial charge on any atom is 0.0292 e. The van der Waals surface area contributed by atoms with Gasteiger partial charge in [0.25, 0.3) is 0 Å². The molecule has 0 radical (unpaired) electrons. The van der Waals surface area contributed by atoms with E-state index in [0.29, 0.717) is 0 Å². The van der Waals surface area contributed by atoms with Gasteiger partial charge in [-0.2, -0.15) is 0 Å². The number of aryl methyl sites for hydroxylation is 4. The number of hydrogen-bond donors (Lipinski definition) is 0. The predicted octanol–water partition coefficient (Wildman–Crippen LogP) is 4.25. The Kier molecular flexibility index (Phi) is 3.62. The minimum atomic E-state index is 0.239. The summed E-state index contributed by atoms with van der Waals surface area (Å²) in [5.74, 6) is 0. The summed E-state index contributed by atoms with van der Waals surface area (Å²) in [6.45, 7) is 15.6. The lowest BCUT2D eigenvalue weighted by atomic mass is 9.92. The number of nitrogens with zero attached hydrogens (tertiary/aromatic N) is 2. The molecule has 0 amide bonds. The largest absolute Gasteiger partial charge is 0.349 e. The fourth-order valence-electron chi connectivity index (χ4n) is 2.80. The molecule has 0 aliphatic rings. The van der Waals surface area contributed by atoms with Crippen LogP contribution in [0.1, 0.15) is 36.6 Å². The van der Waals surface area contributed by atoms with Crippen LogP contribution in [0.25, 0.3) is 0 Å². The second kappa shape index (κ2) is 4.92. The summed E-state index contributed by atoms with van der Waals surface area (Å²) < 4.78 is 4.85. The molecule has 0 bridgehead atoms. The van der Waals surface area contributed by atoms with Crippen molar-refractivity contribution in [3.8, 4) is 0 Å². The molecule has 0 aliphatic heterocycles. The van der Waals surface area contributed by atoms with Gasteiger partial charge in [0.1, 0.15) is 0 Å². The highest BCUT2D eigenvalue weighted by Crippen LogP contribution is 2.25. The molecule has 0 spiro atoms. The Hall–Kier alpha value is -1.44. The summed E-state index contributed by atoms with van der Waals surface area (Å²) in [6, 6.07) is 8.82. The van der Waals surface area contributed by atoms with Gasteiger partial charge in [-0.3, -0.25) is 0 Å². The van der Waals surface area contributed by atoms with E-state index in [1.807, 2.05) is 0 Å². The van der Waals surface area contributed by atoms with E-state index < -0.39 is 0 Å². The van der Waals surface area contributed by atoms with Crippen LogP contribution in [0.15, 0.2) is 24.3 Å². The summed E-state index contributed by atoms with van der Waals surface area (Å²) in [4.78, 5) is 0. The van der Waals surface area contributed by atoms with Crippen molar-refractivity contribution in [2.24, 2.45) is 5.41 Å². The van der Waals surface area contributed by atoms with E-state index in [0.717, 1.165) is 13.1 Å². The molecule has 2 nitrogen and oxygen atoms in total. The van der Waals surface area contributed by atoms with Crippen LogP contribution in [-0.2, 0) is 13.1 Å². The molecule has 104 valence electrons. The molecular weight excluding hydrogens is 232 g/mol. The first-order chi connectivity index (χ1) is 8.80. The third kappa shape index (κ3) is 2.94. The number of aromatic nitrogens is 2. The molecule has 2 heteroatoms. The molecule has 0 N–H and O–H groups in total.